The molecule has 3 heteroatoms. The molecule has 1 heterocycles. The molecule has 0 aliphatic carbocycles. The van der Waals surface area contributed by atoms with E-state index in [1.54, 1.807) is 11.6 Å². The Labute approximate surface area is 102 Å². The zero-order chi connectivity index (χ0) is 12.6. The summed E-state index contributed by atoms with van der Waals surface area (Å²) in [6.07, 6.45) is 1.84. The lowest BCUT2D eigenvalue weighted by molar-refractivity contribution is 0.0959. The highest BCUT2D eigenvalue weighted by Gasteiger charge is 2.29. The minimum Gasteiger partial charge on any atom is -0.379 e. The zero-order valence-corrected chi connectivity index (χ0v) is 10.7. The lowest BCUT2D eigenvalue weighted by atomic mass is 9.88. The van der Waals surface area contributed by atoms with Crippen molar-refractivity contribution in [3.8, 4) is 0 Å². The molecule has 0 aliphatic heterocycles. The summed E-state index contributed by atoms with van der Waals surface area (Å²) in [7, 11) is 1.85. The summed E-state index contributed by atoms with van der Waals surface area (Å²) in [6.45, 7) is 5.82. The van der Waals surface area contributed by atoms with Gasteiger partial charge in [0.15, 0.2) is 0 Å². The molecule has 2 rings (SSSR count). The lowest BCUT2D eigenvalue weighted by Crippen LogP contribution is -2.25. The summed E-state index contributed by atoms with van der Waals surface area (Å²) >= 11 is 0. The number of hydrogen-bond donors (Lipinski definition) is 1. The van der Waals surface area contributed by atoms with E-state index in [1.165, 1.54) is 0 Å². The average molecular weight is 230 g/mol. The monoisotopic (exact) mass is 230 g/mol. The molecular weight excluding hydrogens is 212 g/mol. The smallest absolute Gasteiger partial charge is 0.131 e. The molecule has 2 aromatic rings. The van der Waals surface area contributed by atoms with Crippen LogP contribution in [0, 0.1) is 13.8 Å². The minimum absolute atomic E-state index is 0.675. The van der Waals surface area contributed by atoms with E-state index in [9.17, 15) is 5.11 Å². The molecule has 0 aliphatic rings. The Morgan fingerprint density at radius 3 is 2.53 bits per heavy atom. The molecule has 1 N–H and O–H groups in total. The molecule has 90 valence electrons. The number of rotatable bonds is 2. The van der Waals surface area contributed by atoms with Gasteiger partial charge in [0.25, 0.3) is 0 Å². The lowest BCUT2D eigenvalue weighted by Gasteiger charge is -2.24. The molecule has 0 saturated heterocycles. The van der Waals surface area contributed by atoms with Gasteiger partial charge < -0.3 is 5.11 Å². The first kappa shape index (κ1) is 11.9. The second kappa shape index (κ2) is 4.00. The van der Waals surface area contributed by atoms with Crippen LogP contribution < -0.4 is 0 Å². The van der Waals surface area contributed by atoms with Crippen molar-refractivity contribution >= 4 is 0 Å². The Morgan fingerprint density at radius 1 is 1.24 bits per heavy atom. The van der Waals surface area contributed by atoms with Crippen molar-refractivity contribution in [2.24, 2.45) is 7.05 Å². The van der Waals surface area contributed by atoms with Crippen LogP contribution in [0.25, 0.3) is 0 Å². The van der Waals surface area contributed by atoms with Gasteiger partial charge in [0, 0.05) is 13.2 Å². The second-order valence-corrected chi connectivity index (χ2v) is 4.77. The number of aryl methyl sites for hydroxylation is 3. The first-order valence-electron chi connectivity index (χ1n) is 5.71. The van der Waals surface area contributed by atoms with E-state index in [-0.39, 0.29) is 0 Å². The topological polar surface area (TPSA) is 38.0 Å². The van der Waals surface area contributed by atoms with E-state index < -0.39 is 5.60 Å². The molecular formula is C14H18N2O. The Kier molecular flexibility index (Phi) is 2.79. The summed E-state index contributed by atoms with van der Waals surface area (Å²) in [5, 5.41) is 15.0. The van der Waals surface area contributed by atoms with Gasteiger partial charge in [0.1, 0.15) is 5.60 Å². The maximum absolute atomic E-state index is 10.7. The Balaban J connectivity index is 2.54. The van der Waals surface area contributed by atoms with Crippen LogP contribution in [-0.2, 0) is 12.6 Å². The van der Waals surface area contributed by atoms with Crippen molar-refractivity contribution in [2.45, 2.75) is 26.4 Å². The predicted molar refractivity (Wildman–Crippen MR) is 67.8 cm³/mol. The van der Waals surface area contributed by atoms with Gasteiger partial charge in [-0.3, -0.25) is 4.68 Å². The van der Waals surface area contributed by atoms with E-state index in [0.717, 1.165) is 16.7 Å². The third kappa shape index (κ3) is 2.11. The maximum atomic E-state index is 10.7. The predicted octanol–water partition coefficient (Wildman–Crippen LogP) is 2.29. The van der Waals surface area contributed by atoms with Crippen LogP contribution in [0.15, 0.2) is 30.5 Å². The van der Waals surface area contributed by atoms with Crippen LogP contribution in [0.1, 0.15) is 29.3 Å². The van der Waals surface area contributed by atoms with Crippen molar-refractivity contribution in [1.82, 2.24) is 9.78 Å². The summed E-state index contributed by atoms with van der Waals surface area (Å²) in [5.74, 6) is 0. The van der Waals surface area contributed by atoms with Crippen LogP contribution in [0.5, 0.6) is 0 Å². The van der Waals surface area contributed by atoms with Crippen LogP contribution in [0.2, 0.25) is 0 Å². The standard InChI is InChI=1S/C14H18N2O/c1-10-5-6-11(2)12(9-10)14(3,17)13-7-8-16(4)15-13/h5-9,17H,1-4H3. The number of aromatic nitrogens is 2. The van der Waals surface area contributed by atoms with E-state index in [2.05, 4.69) is 5.10 Å². The summed E-state index contributed by atoms with van der Waals surface area (Å²) in [4.78, 5) is 0. The highest BCUT2D eigenvalue weighted by molar-refractivity contribution is 5.39. The van der Waals surface area contributed by atoms with Crippen molar-refractivity contribution in [2.75, 3.05) is 0 Å². The summed E-state index contributed by atoms with van der Waals surface area (Å²) in [6, 6.07) is 7.95. The number of benzene rings is 1. The van der Waals surface area contributed by atoms with Gasteiger partial charge >= 0.3 is 0 Å². The molecule has 0 spiro atoms. The van der Waals surface area contributed by atoms with E-state index >= 15 is 0 Å². The molecule has 1 atom stereocenters. The molecule has 1 aromatic carbocycles. The van der Waals surface area contributed by atoms with Crippen LogP contribution in [0.3, 0.4) is 0 Å². The molecule has 0 saturated carbocycles. The van der Waals surface area contributed by atoms with E-state index in [0.29, 0.717) is 5.69 Å². The second-order valence-electron chi connectivity index (χ2n) is 4.77. The fraction of sp³-hybridized carbons (Fsp3) is 0.357. The highest BCUT2D eigenvalue weighted by atomic mass is 16.3. The molecule has 0 fully saturated rings. The minimum atomic E-state index is -1.04. The zero-order valence-electron chi connectivity index (χ0n) is 10.7. The highest BCUT2D eigenvalue weighted by Crippen LogP contribution is 2.30. The van der Waals surface area contributed by atoms with Crippen molar-refractivity contribution in [3.63, 3.8) is 0 Å². The van der Waals surface area contributed by atoms with E-state index in [1.807, 2.05) is 51.4 Å². The van der Waals surface area contributed by atoms with Gasteiger partial charge in [-0.15, -0.1) is 0 Å². The SMILES string of the molecule is Cc1ccc(C)c(C(C)(O)c2ccn(C)n2)c1. The third-order valence-corrected chi connectivity index (χ3v) is 3.13. The molecule has 1 unspecified atom stereocenters. The Bertz CT molecular complexity index is 541. The molecule has 0 amide bonds. The number of hydrogen-bond acceptors (Lipinski definition) is 2. The van der Waals surface area contributed by atoms with Crippen LogP contribution in [0.4, 0.5) is 0 Å². The number of nitrogens with zero attached hydrogens (tertiary/aromatic N) is 2. The van der Waals surface area contributed by atoms with E-state index in [4.69, 9.17) is 0 Å². The fourth-order valence-electron chi connectivity index (χ4n) is 2.07. The van der Waals surface area contributed by atoms with Gasteiger partial charge in [0.2, 0.25) is 0 Å². The van der Waals surface area contributed by atoms with Gasteiger partial charge in [0.05, 0.1) is 5.69 Å². The first-order chi connectivity index (χ1) is 7.91. The Hall–Kier alpha value is -1.61. The van der Waals surface area contributed by atoms with Crippen molar-refractivity contribution in [3.05, 3.63) is 52.8 Å². The first-order valence-corrected chi connectivity index (χ1v) is 5.71. The van der Waals surface area contributed by atoms with Gasteiger partial charge in [-0.2, -0.15) is 5.10 Å². The third-order valence-electron chi connectivity index (χ3n) is 3.13. The molecule has 0 radical (unpaired) electrons. The van der Waals surface area contributed by atoms with Gasteiger partial charge in [-0.05, 0) is 38.0 Å². The van der Waals surface area contributed by atoms with Gasteiger partial charge in [-0.1, -0.05) is 23.8 Å². The average Bonchev–Trinajstić information content (AvgIpc) is 2.69. The largest absolute Gasteiger partial charge is 0.379 e. The summed E-state index contributed by atoms with van der Waals surface area (Å²) < 4.78 is 1.70. The number of aliphatic hydroxyl groups is 1. The quantitative estimate of drug-likeness (QED) is 0.859. The van der Waals surface area contributed by atoms with Crippen molar-refractivity contribution < 1.29 is 5.11 Å². The Morgan fingerprint density at radius 2 is 1.94 bits per heavy atom. The fourth-order valence-corrected chi connectivity index (χ4v) is 2.07. The molecule has 0 bridgehead atoms. The van der Waals surface area contributed by atoms with Gasteiger partial charge in [-0.25, -0.2) is 0 Å². The van der Waals surface area contributed by atoms with Crippen LogP contribution >= 0.6 is 0 Å². The molecule has 17 heavy (non-hydrogen) atoms. The van der Waals surface area contributed by atoms with Crippen LogP contribution in [-0.4, -0.2) is 14.9 Å². The van der Waals surface area contributed by atoms with Crippen molar-refractivity contribution in [1.29, 1.82) is 0 Å². The summed E-state index contributed by atoms with van der Waals surface area (Å²) in [5.41, 5.74) is 2.76. The molecule has 1 aromatic heterocycles. The normalized spacial score (nSPS) is 14.6. The molecule has 3 nitrogen and oxygen atoms in total. The maximum Gasteiger partial charge on any atom is 0.131 e.